The third-order valence-electron chi connectivity index (χ3n) is 8.56. The molecule has 0 radical (unpaired) electrons. The zero-order valence-corrected chi connectivity index (χ0v) is 22.1. The van der Waals surface area contributed by atoms with E-state index in [-0.39, 0.29) is 35.0 Å². The van der Waals surface area contributed by atoms with Crippen molar-refractivity contribution < 1.29 is 9.90 Å². The molecule has 3 aliphatic rings. The molecule has 2 aliphatic carbocycles. The summed E-state index contributed by atoms with van der Waals surface area (Å²) in [5.41, 5.74) is 2.44. The van der Waals surface area contributed by atoms with Gasteiger partial charge in [-0.05, 0) is 42.1 Å². The van der Waals surface area contributed by atoms with Gasteiger partial charge in [0.2, 0.25) is 5.91 Å². The van der Waals surface area contributed by atoms with Crippen molar-refractivity contribution in [3.63, 3.8) is 0 Å². The van der Waals surface area contributed by atoms with Crippen LogP contribution in [-0.4, -0.2) is 51.6 Å². The number of nitrogens with zero attached hydrogens (tertiary/aromatic N) is 2. The number of carbonyl (C=O) groups is 1. The summed E-state index contributed by atoms with van der Waals surface area (Å²) in [6.07, 6.45) is 2.48. The van der Waals surface area contributed by atoms with Gasteiger partial charge in [0.1, 0.15) is 0 Å². The number of thioether (sulfide) groups is 1. The zero-order valence-electron chi connectivity index (χ0n) is 20.5. The highest BCUT2D eigenvalue weighted by Crippen LogP contribution is 2.57. The van der Waals surface area contributed by atoms with Crippen LogP contribution < -0.4 is 5.32 Å². The summed E-state index contributed by atoms with van der Waals surface area (Å²) in [5, 5.41) is 16.2. The van der Waals surface area contributed by atoms with Crippen LogP contribution in [0, 0.1) is 23.2 Å². The van der Waals surface area contributed by atoms with Crippen LogP contribution in [0.15, 0.2) is 30.3 Å². The third-order valence-corrected chi connectivity index (χ3v) is 10.5. The quantitative estimate of drug-likeness (QED) is 0.605. The fraction of sp³-hybridized carbons (Fsp3) is 0.630. The van der Waals surface area contributed by atoms with Crippen LogP contribution in [0.25, 0.3) is 0 Å². The van der Waals surface area contributed by atoms with Gasteiger partial charge in [0, 0.05) is 47.9 Å². The second-order valence-corrected chi connectivity index (χ2v) is 13.0. The van der Waals surface area contributed by atoms with E-state index in [2.05, 4.69) is 43.4 Å². The molecule has 1 saturated heterocycles. The minimum Gasteiger partial charge on any atom is -0.392 e. The Morgan fingerprint density at radius 2 is 2.03 bits per heavy atom. The Bertz CT molecular complexity index is 1010. The van der Waals surface area contributed by atoms with E-state index in [1.165, 1.54) is 10.4 Å². The first-order valence-corrected chi connectivity index (χ1v) is 14.7. The molecule has 6 atom stereocenters. The summed E-state index contributed by atoms with van der Waals surface area (Å²) in [4.78, 5) is 21.6. The number of aliphatic hydroxyl groups is 1. The molecule has 2 N–H and O–H groups in total. The molecule has 0 unspecified atom stereocenters. The molecule has 1 aromatic heterocycles. The predicted molar refractivity (Wildman–Crippen MR) is 141 cm³/mol. The second-order valence-electron chi connectivity index (χ2n) is 10.7. The van der Waals surface area contributed by atoms with E-state index >= 15 is 0 Å². The van der Waals surface area contributed by atoms with E-state index in [4.69, 9.17) is 4.98 Å². The highest BCUT2D eigenvalue weighted by molar-refractivity contribution is 7.99. The SMILES string of the molecule is C[C@H](C(=O)N1CCSCC1)[C@H]1CC[C@]2(C)Cc3sc(NCc4ccccc4)nc3[C@H](C)[C@@H]2[C@H]1O. The van der Waals surface area contributed by atoms with Crippen LogP contribution in [0.1, 0.15) is 55.7 Å². The van der Waals surface area contributed by atoms with Crippen molar-refractivity contribution in [2.45, 2.75) is 58.6 Å². The average molecular weight is 500 g/mol. The zero-order chi connectivity index (χ0) is 23.9. The summed E-state index contributed by atoms with van der Waals surface area (Å²) < 4.78 is 0. The number of fused-ring (bicyclic) bond motifs is 2. The number of aromatic nitrogens is 1. The average Bonchev–Trinajstić information content (AvgIpc) is 3.26. The van der Waals surface area contributed by atoms with Crippen molar-refractivity contribution in [2.75, 3.05) is 29.9 Å². The standard InChI is InChI=1S/C27H37N3O2S2/c1-17(25(32)30-11-13-33-14-12-30)20-9-10-27(3)15-21-23(18(2)22(27)24(20)31)29-26(34-21)28-16-19-7-5-4-6-8-19/h4-8,17-18,20,22,24,31H,9-16H2,1-3H3,(H,28,29)/t17-,18+,20+,22+,24-,27+/m0/s1. The van der Waals surface area contributed by atoms with Gasteiger partial charge < -0.3 is 15.3 Å². The molecule has 184 valence electrons. The van der Waals surface area contributed by atoms with Gasteiger partial charge in [0.25, 0.3) is 0 Å². The van der Waals surface area contributed by atoms with Crippen molar-refractivity contribution in [1.29, 1.82) is 0 Å². The lowest BCUT2D eigenvalue weighted by molar-refractivity contribution is -0.144. The number of amides is 1. The predicted octanol–water partition coefficient (Wildman–Crippen LogP) is 5.02. The van der Waals surface area contributed by atoms with Crippen molar-refractivity contribution in [1.82, 2.24) is 9.88 Å². The van der Waals surface area contributed by atoms with Gasteiger partial charge in [0.15, 0.2) is 5.13 Å². The summed E-state index contributed by atoms with van der Waals surface area (Å²) in [7, 11) is 0. The van der Waals surface area contributed by atoms with Crippen molar-refractivity contribution in [3.8, 4) is 0 Å². The maximum atomic E-state index is 13.2. The Morgan fingerprint density at radius 1 is 1.29 bits per heavy atom. The molecule has 5 rings (SSSR count). The number of anilines is 1. The molecule has 1 aliphatic heterocycles. The third kappa shape index (κ3) is 4.51. The number of hydrogen-bond acceptors (Lipinski definition) is 6. The molecule has 2 aromatic rings. The Morgan fingerprint density at radius 3 is 2.76 bits per heavy atom. The Hall–Kier alpha value is -1.57. The van der Waals surface area contributed by atoms with Crippen molar-refractivity contribution in [2.24, 2.45) is 23.2 Å². The Kier molecular flexibility index (Phi) is 6.97. The fourth-order valence-electron chi connectivity index (χ4n) is 6.65. The van der Waals surface area contributed by atoms with Gasteiger partial charge in [-0.3, -0.25) is 4.79 Å². The molecule has 1 aromatic carbocycles. The molecule has 5 nitrogen and oxygen atoms in total. The molecule has 1 amide bonds. The Balaban J connectivity index is 1.32. The maximum absolute atomic E-state index is 13.2. The molecule has 2 fully saturated rings. The van der Waals surface area contributed by atoms with Crippen LogP contribution in [0.3, 0.4) is 0 Å². The number of aliphatic hydroxyl groups excluding tert-OH is 1. The lowest BCUT2D eigenvalue weighted by Crippen LogP contribution is -2.54. The van der Waals surface area contributed by atoms with Crippen LogP contribution in [0.4, 0.5) is 5.13 Å². The summed E-state index contributed by atoms with van der Waals surface area (Å²) in [6.45, 7) is 9.09. The molecule has 34 heavy (non-hydrogen) atoms. The lowest BCUT2D eigenvalue weighted by atomic mass is 9.53. The number of thiazole rings is 1. The molecule has 0 spiro atoms. The fourth-order valence-corrected chi connectivity index (χ4v) is 8.81. The van der Waals surface area contributed by atoms with E-state index in [0.717, 1.165) is 61.2 Å². The minimum atomic E-state index is -0.470. The van der Waals surface area contributed by atoms with Crippen molar-refractivity contribution >= 4 is 34.1 Å². The van der Waals surface area contributed by atoms with Crippen LogP contribution in [0.2, 0.25) is 0 Å². The van der Waals surface area contributed by atoms with Gasteiger partial charge in [-0.15, -0.1) is 11.3 Å². The van der Waals surface area contributed by atoms with Gasteiger partial charge in [-0.1, -0.05) is 51.1 Å². The molecule has 1 saturated carbocycles. The molecular weight excluding hydrogens is 462 g/mol. The topological polar surface area (TPSA) is 65.5 Å². The number of benzene rings is 1. The summed E-state index contributed by atoms with van der Waals surface area (Å²) in [6, 6.07) is 10.4. The van der Waals surface area contributed by atoms with E-state index in [9.17, 15) is 9.90 Å². The maximum Gasteiger partial charge on any atom is 0.225 e. The minimum absolute atomic E-state index is 0.0264. The smallest absolute Gasteiger partial charge is 0.225 e. The number of nitrogens with one attached hydrogen (secondary N) is 1. The highest BCUT2D eigenvalue weighted by Gasteiger charge is 2.54. The normalized spacial score (nSPS) is 31.9. The number of hydrogen-bond donors (Lipinski definition) is 2. The summed E-state index contributed by atoms with van der Waals surface area (Å²) >= 11 is 3.70. The monoisotopic (exact) mass is 499 g/mol. The molecule has 2 heterocycles. The first kappa shape index (κ1) is 24.1. The number of carbonyl (C=O) groups excluding carboxylic acids is 1. The van der Waals surface area contributed by atoms with Gasteiger partial charge >= 0.3 is 0 Å². The van der Waals surface area contributed by atoms with Crippen LogP contribution in [0.5, 0.6) is 0 Å². The van der Waals surface area contributed by atoms with E-state index in [1.54, 1.807) is 11.3 Å². The van der Waals surface area contributed by atoms with Crippen LogP contribution >= 0.6 is 23.1 Å². The van der Waals surface area contributed by atoms with E-state index in [0.29, 0.717) is 0 Å². The van der Waals surface area contributed by atoms with Crippen LogP contribution in [-0.2, 0) is 17.8 Å². The van der Waals surface area contributed by atoms with E-state index < -0.39 is 6.10 Å². The first-order valence-electron chi connectivity index (χ1n) is 12.7. The second kappa shape index (κ2) is 9.82. The Labute approximate surface area is 211 Å². The highest BCUT2D eigenvalue weighted by atomic mass is 32.2. The molecular formula is C27H37N3O2S2. The molecule has 7 heteroatoms. The molecule has 0 bridgehead atoms. The summed E-state index contributed by atoms with van der Waals surface area (Å²) in [5.74, 6) is 2.50. The van der Waals surface area contributed by atoms with Gasteiger partial charge in [0.05, 0.1) is 11.8 Å². The van der Waals surface area contributed by atoms with Gasteiger partial charge in [-0.2, -0.15) is 11.8 Å². The van der Waals surface area contributed by atoms with Gasteiger partial charge in [-0.25, -0.2) is 4.98 Å². The van der Waals surface area contributed by atoms with E-state index in [1.807, 2.05) is 29.7 Å². The lowest BCUT2D eigenvalue weighted by Gasteiger charge is -2.53. The largest absolute Gasteiger partial charge is 0.392 e. The van der Waals surface area contributed by atoms with Crippen molar-refractivity contribution in [3.05, 3.63) is 46.5 Å². The first-order chi connectivity index (χ1) is 16.4. The number of rotatable bonds is 5.